The number of hydrogen-bond acceptors (Lipinski definition) is 2. The minimum atomic E-state index is -0.590. The molecule has 0 heterocycles. The van der Waals surface area contributed by atoms with Crippen molar-refractivity contribution < 1.29 is 9.18 Å². The lowest BCUT2D eigenvalue weighted by molar-refractivity contribution is -0.111. The van der Waals surface area contributed by atoms with Gasteiger partial charge in [0.05, 0.1) is 0 Å². The Balaban J connectivity index is 3.35. The molecule has 0 amide bonds. The molecule has 3 heteroatoms. The molecule has 0 spiro atoms. The molecule has 0 saturated carbocycles. The van der Waals surface area contributed by atoms with Crippen molar-refractivity contribution in [2.75, 3.05) is 19.0 Å². The Morgan fingerprint density at radius 2 is 1.93 bits per heavy atom. The molecule has 0 unspecified atom stereocenters. The maximum absolute atomic E-state index is 13.1. The summed E-state index contributed by atoms with van der Waals surface area (Å²) in [4.78, 5) is 12.8. The van der Waals surface area contributed by atoms with E-state index in [-0.39, 0.29) is 5.82 Å². The largest absolute Gasteiger partial charge is 0.377 e. The van der Waals surface area contributed by atoms with E-state index in [0.717, 1.165) is 17.5 Å². The second-order valence-electron chi connectivity index (χ2n) is 4.40. The first kappa shape index (κ1) is 11.7. The van der Waals surface area contributed by atoms with E-state index in [1.165, 1.54) is 12.1 Å². The fourth-order valence-electron chi connectivity index (χ4n) is 1.48. The molecule has 0 aliphatic heterocycles. The second kappa shape index (κ2) is 4.01. The van der Waals surface area contributed by atoms with Crippen LogP contribution in [0.3, 0.4) is 0 Å². The molecule has 1 aromatic carbocycles. The molecule has 0 fully saturated rings. The summed E-state index contributed by atoms with van der Waals surface area (Å²) in [5.41, 5.74) is 0.990. The first-order chi connectivity index (χ1) is 6.88. The van der Waals surface area contributed by atoms with E-state index < -0.39 is 5.41 Å². The smallest absolute Gasteiger partial charge is 0.130 e. The Morgan fingerprint density at radius 1 is 1.33 bits per heavy atom. The lowest BCUT2D eigenvalue weighted by Gasteiger charge is -2.25. The Bertz CT molecular complexity index is 372. The molecule has 82 valence electrons. The zero-order chi connectivity index (χ0) is 11.6. The number of hydrogen-bond donors (Lipinski definition) is 0. The molecule has 0 bridgehead atoms. The summed E-state index contributed by atoms with van der Waals surface area (Å²) in [7, 11) is 3.66. The Hall–Kier alpha value is -1.38. The third kappa shape index (κ3) is 2.35. The highest BCUT2D eigenvalue weighted by Crippen LogP contribution is 2.30. The first-order valence-electron chi connectivity index (χ1n) is 4.82. The topological polar surface area (TPSA) is 20.3 Å². The summed E-state index contributed by atoms with van der Waals surface area (Å²) in [6, 6.07) is 4.49. The van der Waals surface area contributed by atoms with Gasteiger partial charge in [0.1, 0.15) is 12.1 Å². The minimum Gasteiger partial charge on any atom is -0.377 e. The Morgan fingerprint density at radius 3 is 2.40 bits per heavy atom. The van der Waals surface area contributed by atoms with Gasteiger partial charge >= 0.3 is 0 Å². The average molecular weight is 209 g/mol. The number of carbonyl (C=O) groups excluding carboxylic acids is 1. The quantitative estimate of drug-likeness (QED) is 0.712. The van der Waals surface area contributed by atoms with E-state index in [2.05, 4.69) is 0 Å². The van der Waals surface area contributed by atoms with Crippen LogP contribution >= 0.6 is 0 Å². The first-order valence-corrected chi connectivity index (χ1v) is 4.82. The van der Waals surface area contributed by atoms with E-state index in [0.29, 0.717) is 0 Å². The van der Waals surface area contributed by atoms with Crippen LogP contribution in [0.2, 0.25) is 0 Å². The molecule has 2 nitrogen and oxygen atoms in total. The molecule has 0 saturated heterocycles. The molecule has 0 aliphatic carbocycles. The van der Waals surface area contributed by atoms with Gasteiger partial charge in [0.2, 0.25) is 0 Å². The molecule has 0 radical (unpaired) electrons. The molecule has 0 aliphatic rings. The Kier molecular flexibility index (Phi) is 3.12. The van der Waals surface area contributed by atoms with Gasteiger partial charge in [-0.3, -0.25) is 0 Å². The van der Waals surface area contributed by atoms with Crippen LogP contribution in [-0.4, -0.2) is 20.4 Å². The van der Waals surface area contributed by atoms with Crippen molar-refractivity contribution in [3.63, 3.8) is 0 Å². The highest BCUT2D eigenvalue weighted by Gasteiger charge is 2.23. The van der Waals surface area contributed by atoms with Crippen molar-refractivity contribution in [1.82, 2.24) is 0 Å². The predicted molar refractivity (Wildman–Crippen MR) is 59.8 cm³/mol. The maximum atomic E-state index is 13.1. The number of benzene rings is 1. The van der Waals surface area contributed by atoms with Crippen LogP contribution in [0.15, 0.2) is 18.2 Å². The lowest BCUT2D eigenvalue weighted by atomic mass is 9.85. The van der Waals surface area contributed by atoms with Gasteiger partial charge in [0.15, 0.2) is 0 Å². The summed E-state index contributed by atoms with van der Waals surface area (Å²) in [6.45, 7) is 3.64. The van der Waals surface area contributed by atoms with E-state index in [4.69, 9.17) is 0 Å². The number of anilines is 1. The van der Waals surface area contributed by atoms with E-state index in [1.54, 1.807) is 6.07 Å². The number of rotatable bonds is 3. The molecule has 1 aromatic rings. The van der Waals surface area contributed by atoms with Gasteiger partial charge in [-0.2, -0.15) is 0 Å². The average Bonchev–Trinajstić information content (AvgIpc) is 2.17. The Labute approximate surface area is 89.7 Å². The molecule has 15 heavy (non-hydrogen) atoms. The lowest BCUT2D eigenvalue weighted by Crippen LogP contribution is -2.23. The fraction of sp³-hybridized carbons (Fsp3) is 0.417. The molecule has 0 N–H and O–H groups in total. The van der Waals surface area contributed by atoms with Crippen LogP contribution in [-0.2, 0) is 10.2 Å². The van der Waals surface area contributed by atoms with Gasteiger partial charge < -0.3 is 9.69 Å². The summed E-state index contributed by atoms with van der Waals surface area (Å²) >= 11 is 0. The van der Waals surface area contributed by atoms with Gasteiger partial charge in [-0.05, 0) is 31.5 Å². The van der Waals surface area contributed by atoms with Crippen molar-refractivity contribution in [2.24, 2.45) is 0 Å². The number of carbonyl (C=O) groups is 1. The van der Waals surface area contributed by atoms with Crippen molar-refractivity contribution in [2.45, 2.75) is 19.3 Å². The summed E-state index contributed by atoms with van der Waals surface area (Å²) in [5.74, 6) is -0.288. The van der Waals surface area contributed by atoms with E-state index >= 15 is 0 Å². The van der Waals surface area contributed by atoms with Crippen LogP contribution in [0.1, 0.15) is 19.4 Å². The zero-order valence-electron chi connectivity index (χ0n) is 9.54. The third-order valence-electron chi connectivity index (χ3n) is 2.43. The van der Waals surface area contributed by atoms with Gasteiger partial charge in [-0.1, -0.05) is 6.07 Å². The van der Waals surface area contributed by atoms with Crippen LogP contribution in [0.4, 0.5) is 10.1 Å². The minimum absolute atomic E-state index is 0.288. The summed E-state index contributed by atoms with van der Waals surface area (Å²) in [6.07, 6.45) is 0.882. The molecule has 0 atom stereocenters. The number of nitrogens with zero attached hydrogens (tertiary/aromatic N) is 1. The SMILES string of the molecule is CN(C)c1cc(F)ccc1C(C)(C)C=O. The normalized spacial score (nSPS) is 11.3. The zero-order valence-corrected chi connectivity index (χ0v) is 9.54. The van der Waals surface area contributed by atoms with Gasteiger partial charge in [0, 0.05) is 25.2 Å². The fourth-order valence-corrected chi connectivity index (χ4v) is 1.48. The van der Waals surface area contributed by atoms with Gasteiger partial charge in [0.25, 0.3) is 0 Å². The van der Waals surface area contributed by atoms with E-state index in [9.17, 15) is 9.18 Å². The van der Waals surface area contributed by atoms with Crippen molar-refractivity contribution >= 4 is 12.0 Å². The van der Waals surface area contributed by atoms with Crippen LogP contribution in [0, 0.1) is 5.82 Å². The van der Waals surface area contributed by atoms with Gasteiger partial charge in [-0.25, -0.2) is 4.39 Å². The molecular weight excluding hydrogens is 193 g/mol. The summed E-state index contributed by atoms with van der Waals surface area (Å²) < 4.78 is 13.1. The van der Waals surface area contributed by atoms with Gasteiger partial charge in [-0.15, -0.1) is 0 Å². The van der Waals surface area contributed by atoms with Crippen LogP contribution in [0.5, 0.6) is 0 Å². The number of halogens is 1. The highest BCUT2D eigenvalue weighted by molar-refractivity contribution is 5.73. The molecule has 0 aromatic heterocycles. The van der Waals surface area contributed by atoms with Crippen LogP contribution < -0.4 is 4.90 Å². The van der Waals surface area contributed by atoms with Crippen LogP contribution in [0.25, 0.3) is 0 Å². The third-order valence-corrected chi connectivity index (χ3v) is 2.43. The van der Waals surface area contributed by atoms with E-state index in [1.807, 2.05) is 32.8 Å². The predicted octanol–water partition coefficient (Wildman–Crippen LogP) is 2.37. The van der Waals surface area contributed by atoms with Crippen molar-refractivity contribution in [1.29, 1.82) is 0 Å². The maximum Gasteiger partial charge on any atom is 0.130 e. The van der Waals surface area contributed by atoms with Crippen molar-refractivity contribution in [3.05, 3.63) is 29.6 Å². The highest BCUT2D eigenvalue weighted by atomic mass is 19.1. The summed E-state index contributed by atoms with van der Waals surface area (Å²) in [5, 5.41) is 0. The standard InChI is InChI=1S/C12H16FNO/c1-12(2,8-15)10-6-5-9(13)7-11(10)14(3)4/h5-8H,1-4H3. The number of aldehydes is 1. The monoisotopic (exact) mass is 209 g/mol. The molecule has 1 rings (SSSR count). The van der Waals surface area contributed by atoms with Crippen molar-refractivity contribution in [3.8, 4) is 0 Å². The second-order valence-corrected chi connectivity index (χ2v) is 4.40. The molecular formula is C12H16FNO.